The zero-order valence-electron chi connectivity index (χ0n) is 17.9. The van der Waals surface area contributed by atoms with Crippen LogP contribution in [0.1, 0.15) is 17.5 Å². The minimum Gasteiger partial charge on any atom is -0.348 e. The van der Waals surface area contributed by atoms with Crippen molar-refractivity contribution in [2.75, 3.05) is 18.6 Å². The van der Waals surface area contributed by atoms with E-state index in [4.69, 9.17) is 16.3 Å². The molecule has 0 heterocycles. The van der Waals surface area contributed by atoms with Crippen LogP contribution in [0.2, 0.25) is 5.02 Å². The number of para-hydroxylation sites is 1. The first-order valence-electron chi connectivity index (χ1n) is 10.3. The van der Waals surface area contributed by atoms with Crippen molar-refractivity contribution in [2.24, 2.45) is 5.92 Å². The van der Waals surface area contributed by atoms with Crippen LogP contribution in [0.3, 0.4) is 0 Å². The summed E-state index contributed by atoms with van der Waals surface area (Å²) in [6.07, 6.45) is 2.72. The number of hydrogen-bond donors (Lipinski definition) is 0. The summed E-state index contributed by atoms with van der Waals surface area (Å²) in [6.45, 7) is 0.000124. The monoisotopic (exact) mass is 477 g/mol. The highest BCUT2D eigenvalue weighted by atomic mass is 35.5. The number of carbonyl (C=O) groups is 2. The highest BCUT2D eigenvalue weighted by molar-refractivity contribution is 6.31. The second-order valence-electron chi connectivity index (χ2n) is 7.77. The van der Waals surface area contributed by atoms with Gasteiger partial charge in [-0.05, 0) is 73.0 Å². The minimum absolute atomic E-state index is 0.000124. The largest absolute Gasteiger partial charge is 0.416 e. The standard InChI is InChI=1S/C25H23ClF3NO3/c1-30(21-5-3-2-4-6-21)24(13-11-22(32)12-14-24)33-17-18(16-31)7-8-19-15-20(25(27,28)29)9-10-23(19)26/h2-6,9-16,18H,7-8,17H2,1H3. The maximum atomic E-state index is 13.0. The molecular formula is C25H23ClF3NO3. The summed E-state index contributed by atoms with van der Waals surface area (Å²) in [5.41, 5.74) is -0.729. The predicted molar refractivity (Wildman–Crippen MR) is 121 cm³/mol. The smallest absolute Gasteiger partial charge is 0.348 e. The Kier molecular flexibility index (Phi) is 7.76. The van der Waals surface area contributed by atoms with Crippen LogP contribution in [0.25, 0.3) is 0 Å². The van der Waals surface area contributed by atoms with Crippen LogP contribution in [0, 0.1) is 5.92 Å². The molecule has 33 heavy (non-hydrogen) atoms. The minimum atomic E-state index is -4.47. The molecule has 0 aromatic heterocycles. The SMILES string of the molecule is CN(c1ccccc1)C1(OCC(C=O)CCc2cc(C(F)(F)F)ccc2Cl)C=CC(=O)C=C1. The third-order valence-electron chi connectivity index (χ3n) is 5.52. The molecule has 2 aromatic rings. The Labute approximate surface area is 195 Å². The van der Waals surface area contributed by atoms with E-state index >= 15 is 0 Å². The van der Waals surface area contributed by atoms with Gasteiger partial charge in [-0.3, -0.25) is 4.79 Å². The van der Waals surface area contributed by atoms with Crippen molar-refractivity contribution in [2.45, 2.75) is 24.7 Å². The molecule has 3 rings (SSSR count). The van der Waals surface area contributed by atoms with Crippen molar-refractivity contribution >= 4 is 29.4 Å². The molecule has 2 aromatic carbocycles. The summed E-state index contributed by atoms with van der Waals surface area (Å²) >= 11 is 6.07. The third kappa shape index (κ3) is 6.12. The van der Waals surface area contributed by atoms with Gasteiger partial charge in [0.2, 0.25) is 0 Å². The fourth-order valence-corrected chi connectivity index (χ4v) is 3.71. The maximum absolute atomic E-state index is 13.0. The second kappa shape index (κ2) is 10.4. The highest BCUT2D eigenvalue weighted by Gasteiger charge is 2.34. The van der Waals surface area contributed by atoms with Crippen molar-refractivity contribution in [3.8, 4) is 0 Å². The van der Waals surface area contributed by atoms with Crippen LogP contribution in [0.15, 0.2) is 72.8 Å². The van der Waals surface area contributed by atoms with Crippen molar-refractivity contribution in [1.82, 2.24) is 0 Å². The molecular weight excluding hydrogens is 455 g/mol. The van der Waals surface area contributed by atoms with Crippen LogP contribution in [-0.2, 0) is 26.9 Å². The molecule has 0 fully saturated rings. The van der Waals surface area contributed by atoms with Crippen LogP contribution < -0.4 is 4.90 Å². The van der Waals surface area contributed by atoms with E-state index in [0.29, 0.717) is 5.56 Å². The average Bonchev–Trinajstić information content (AvgIpc) is 2.81. The topological polar surface area (TPSA) is 46.6 Å². The van der Waals surface area contributed by atoms with E-state index in [1.807, 2.05) is 35.2 Å². The molecule has 0 spiro atoms. The van der Waals surface area contributed by atoms with Gasteiger partial charge in [0.25, 0.3) is 0 Å². The van der Waals surface area contributed by atoms with Gasteiger partial charge in [-0.15, -0.1) is 0 Å². The van der Waals surface area contributed by atoms with Gasteiger partial charge in [0.1, 0.15) is 6.29 Å². The Morgan fingerprint density at radius 2 is 1.79 bits per heavy atom. The molecule has 0 radical (unpaired) electrons. The highest BCUT2D eigenvalue weighted by Crippen LogP contribution is 2.33. The van der Waals surface area contributed by atoms with E-state index in [0.717, 1.165) is 24.1 Å². The summed E-state index contributed by atoms with van der Waals surface area (Å²) in [7, 11) is 1.80. The van der Waals surface area contributed by atoms with Crippen molar-refractivity contribution in [3.63, 3.8) is 0 Å². The van der Waals surface area contributed by atoms with Gasteiger partial charge >= 0.3 is 6.18 Å². The Bertz CT molecular complexity index is 1030. The second-order valence-corrected chi connectivity index (χ2v) is 8.17. The molecule has 0 saturated carbocycles. The zero-order chi connectivity index (χ0) is 24.1. The first-order chi connectivity index (χ1) is 15.6. The van der Waals surface area contributed by atoms with Gasteiger partial charge in [-0.25, -0.2) is 0 Å². The van der Waals surface area contributed by atoms with Gasteiger partial charge in [0, 0.05) is 23.7 Å². The molecule has 0 N–H and O–H groups in total. The van der Waals surface area contributed by atoms with Crippen LogP contribution in [-0.4, -0.2) is 31.4 Å². The van der Waals surface area contributed by atoms with E-state index < -0.39 is 23.4 Å². The molecule has 0 amide bonds. The normalized spacial score (nSPS) is 16.0. The van der Waals surface area contributed by atoms with Gasteiger partial charge in [-0.2, -0.15) is 13.2 Å². The molecule has 0 aliphatic heterocycles. The van der Waals surface area contributed by atoms with Crippen LogP contribution >= 0.6 is 11.6 Å². The number of hydrogen-bond acceptors (Lipinski definition) is 4. The van der Waals surface area contributed by atoms with Crippen LogP contribution in [0.5, 0.6) is 0 Å². The number of halogens is 4. The summed E-state index contributed by atoms with van der Waals surface area (Å²) < 4.78 is 45.2. The first kappa shape index (κ1) is 24.7. The van der Waals surface area contributed by atoms with Crippen molar-refractivity contribution < 1.29 is 27.5 Å². The number of aldehydes is 1. The number of benzene rings is 2. The summed E-state index contributed by atoms with van der Waals surface area (Å²) in [5, 5.41) is 0.213. The molecule has 0 saturated heterocycles. The first-order valence-corrected chi connectivity index (χ1v) is 10.7. The lowest BCUT2D eigenvalue weighted by Crippen LogP contribution is -2.48. The maximum Gasteiger partial charge on any atom is 0.416 e. The lowest BCUT2D eigenvalue weighted by atomic mass is 9.99. The number of anilines is 1. The van der Waals surface area contributed by atoms with E-state index in [9.17, 15) is 22.8 Å². The Hall–Kier alpha value is -2.90. The summed E-state index contributed by atoms with van der Waals surface area (Å²) in [4.78, 5) is 25.2. The zero-order valence-corrected chi connectivity index (χ0v) is 18.6. The molecule has 174 valence electrons. The molecule has 8 heteroatoms. The number of rotatable bonds is 9. The number of ether oxygens (including phenoxy) is 1. The number of nitrogens with zero attached hydrogens (tertiary/aromatic N) is 1. The quantitative estimate of drug-likeness (QED) is 0.346. The van der Waals surface area contributed by atoms with Crippen molar-refractivity contribution in [1.29, 1.82) is 0 Å². The van der Waals surface area contributed by atoms with Gasteiger partial charge in [-0.1, -0.05) is 29.8 Å². The number of likely N-dealkylation sites (N-methyl/N-ethyl adjacent to an activating group) is 1. The number of allylic oxidation sites excluding steroid dienone is 2. The number of alkyl halides is 3. The molecule has 1 atom stereocenters. The fraction of sp³-hybridized carbons (Fsp3) is 0.280. The van der Waals surface area contributed by atoms with E-state index in [2.05, 4.69) is 0 Å². The Balaban J connectivity index is 1.73. The van der Waals surface area contributed by atoms with E-state index in [1.165, 1.54) is 18.2 Å². The fourth-order valence-electron chi connectivity index (χ4n) is 3.50. The summed E-state index contributed by atoms with van der Waals surface area (Å²) in [6, 6.07) is 12.5. The third-order valence-corrected chi connectivity index (χ3v) is 5.89. The number of carbonyl (C=O) groups excluding carboxylic acids is 2. The lowest BCUT2D eigenvalue weighted by Gasteiger charge is -2.40. The van der Waals surface area contributed by atoms with Crippen molar-refractivity contribution in [3.05, 3.63) is 89.0 Å². The lowest BCUT2D eigenvalue weighted by molar-refractivity contribution is -0.137. The van der Waals surface area contributed by atoms with Gasteiger partial charge in [0.05, 0.1) is 12.2 Å². The molecule has 4 nitrogen and oxygen atoms in total. The molecule has 1 unspecified atom stereocenters. The number of aryl methyl sites for hydroxylation is 1. The predicted octanol–water partition coefficient (Wildman–Crippen LogP) is 5.65. The molecule has 1 aliphatic rings. The summed E-state index contributed by atoms with van der Waals surface area (Å²) in [5.74, 6) is -0.766. The molecule has 1 aliphatic carbocycles. The Morgan fingerprint density at radius 1 is 1.12 bits per heavy atom. The Morgan fingerprint density at radius 3 is 2.39 bits per heavy atom. The number of ketones is 1. The van der Waals surface area contributed by atoms with Gasteiger partial charge in [0.15, 0.2) is 11.5 Å². The van der Waals surface area contributed by atoms with Crippen LogP contribution in [0.4, 0.5) is 18.9 Å². The van der Waals surface area contributed by atoms with E-state index in [1.54, 1.807) is 19.2 Å². The average molecular weight is 478 g/mol. The van der Waals surface area contributed by atoms with E-state index in [-0.39, 0.29) is 30.3 Å². The van der Waals surface area contributed by atoms with Gasteiger partial charge < -0.3 is 14.4 Å². The molecule has 0 bridgehead atoms.